The van der Waals surface area contributed by atoms with Crippen molar-refractivity contribution in [2.75, 3.05) is 18.5 Å². The maximum Gasteiger partial charge on any atom is 0.267 e. The monoisotopic (exact) mass is 295 g/mol. The van der Waals surface area contributed by atoms with Gasteiger partial charge in [0.15, 0.2) is 0 Å². The minimum atomic E-state index is -3.63. The first-order chi connectivity index (χ1) is 9.37. The van der Waals surface area contributed by atoms with E-state index in [1.807, 2.05) is 0 Å². The SMILES string of the molecule is COc1ccc(N(C)S(=O)(=O)c2c(C)n[nH]c2C)cc1. The maximum atomic E-state index is 12.6. The van der Waals surface area contributed by atoms with Crippen LogP contribution in [0.15, 0.2) is 29.2 Å². The molecule has 0 aliphatic carbocycles. The first-order valence-corrected chi connectivity index (χ1v) is 7.46. The van der Waals surface area contributed by atoms with Gasteiger partial charge in [0.2, 0.25) is 0 Å². The lowest BCUT2D eigenvalue weighted by atomic mass is 10.3. The molecule has 2 rings (SSSR count). The predicted molar refractivity (Wildman–Crippen MR) is 76.6 cm³/mol. The van der Waals surface area contributed by atoms with Crippen LogP contribution in [0.2, 0.25) is 0 Å². The Labute approximate surface area is 118 Å². The van der Waals surface area contributed by atoms with E-state index in [0.29, 0.717) is 22.8 Å². The van der Waals surface area contributed by atoms with Crippen molar-refractivity contribution < 1.29 is 13.2 Å². The summed E-state index contributed by atoms with van der Waals surface area (Å²) in [4.78, 5) is 0.218. The summed E-state index contributed by atoms with van der Waals surface area (Å²) in [6, 6.07) is 6.83. The molecule has 0 aliphatic heterocycles. The number of ether oxygens (including phenoxy) is 1. The molecule has 0 bridgehead atoms. The van der Waals surface area contributed by atoms with Gasteiger partial charge in [0, 0.05) is 7.05 Å². The zero-order chi connectivity index (χ0) is 14.9. The fourth-order valence-corrected chi connectivity index (χ4v) is 3.51. The molecule has 0 fully saturated rings. The van der Waals surface area contributed by atoms with E-state index in [4.69, 9.17) is 4.74 Å². The van der Waals surface area contributed by atoms with Gasteiger partial charge in [-0.3, -0.25) is 9.40 Å². The van der Waals surface area contributed by atoms with E-state index in [1.54, 1.807) is 45.2 Å². The lowest BCUT2D eigenvalue weighted by molar-refractivity contribution is 0.415. The minimum Gasteiger partial charge on any atom is -0.497 e. The van der Waals surface area contributed by atoms with Crippen molar-refractivity contribution >= 4 is 15.7 Å². The number of nitrogens with one attached hydrogen (secondary N) is 1. The molecule has 0 atom stereocenters. The summed E-state index contributed by atoms with van der Waals surface area (Å²) in [5.41, 5.74) is 1.55. The molecule has 7 heteroatoms. The van der Waals surface area contributed by atoms with Crippen LogP contribution in [0.1, 0.15) is 11.4 Å². The average Bonchev–Trinajstić information content (AvgIpc) is 2.78. The van der Waals surface area contributed by atoms with Crippen molar-refractivity contribution in [3.63, 3.8) is 0 Å². The van der Waals surface area contributed by atoms with Crippen LogP contribution < -0.4 is 9.04 Å². The van der Waals surface area contributed by atoms with E-state index < -0.39 is 10.0 Å². The van der Waals surface area contributed by atoms with Gasteiger partial charge in [-0.05, 0) is 38.1 Å². The van der Waals surface area contributed by atoms with Crippen LogP contribution in [0.25, 0.3) is 0 Å². The first-order valence-electron chi connectivity index (χ1n) is 6.02. The van der Waals surface area contributed by atoms with E-state index in [1.165, 1.54) is 11.4 Å². The molecule has 1 aromatic carbocycles. The molecular formula is C13H17N3O3S. The molecule has 0 radical (unpaired) electrons. The fourth-order valence-electron chi connectivity index (χ4n) is 1.99. The van der Waals surface area contributed by atoms with E-state index >= 15 is 0 Å². The Morgan fingerprint density at radius 1 is 1.20 bits per heavy atom. The molecule has 1 N–H and O–H groups in total. The smallest absolute Gasteiger partial charge is 0.267 e. The van der Waals surface area contributed by atoms with Gasteiger partial charge in [0.1, 0.15) is 10.6 Å². The highest BCUT2D eigenvalue weighted by Gasteiger charge is 2.27. The highest BCUT2D eigenvalue weighted by Crippen LogP contribution is 2.26. The summed E-state index contributed by atoms with van der Waals surface area (Å²) in [6.07, 6.45) is 0. The first kappa shape index (κ1) is 14.4. The van der Waals surface area contributed by atoms with Crippen LogP contribution in [-0.2, 0) is 10.0 Å². The topological polar surface area (TPSA) is 75.3 Å². The standard InChI is InChI=1S/C13H17N3O3S/c1-9-13(10(2)15-14-9)20(17,18)16(3)11-5-7-12(19-4)8-6-11/h5-8H,1-4H3,(H,14,15). The Hall–Kier alpha value is -2.02. The van der Waals surface area contributed by atoms with Crippen molar-refractivity contribution in [3.05, 3.63) is 35.7 Å². The third-order valence-corrected chi connectivity index (χ3v) is 5.16. The van der Waals surface area contributed by atoms with Gasteiger partial charge in [-0.15, -0.1) is 0 Å². The number of hydrogen-bond acceptors (Lipinski definition) is 4. The molecule has 2 aromatic rings. The highest BCUT2D eigenvalue weighted by atomic mass is 32.2. The van der Waals surface area contributed by atoms with E-state index in [0.717, 1.165) is 0 Å². The molecule has 0 unspecified atom stereocenters. The Balaban J connectivity index is 2.43. The number of H-pyrrole nitrogens is 1. The van der Waals surface area contributed by atoms with Gasteiger partial charge in [0.25, 0.3) is 10.0 Å². The number of benzene rings is 1. The Morgan fingerprint density at radius 3 is 2.25 bits per heavy atom. The third-order valence-electron chi connectivity index (χ3n) is 3.12. The normalized spacial score (nSPS) is 11.4. The third kappa shape index (κ3) is 2.36. The maximum absolute atomic E-state index is 12.6. The Bertz CT molecular complexity index is 685. The minimum absolute atomic E-state index is 0.218. The molecule has 0 spiro atoms. The van der Waals surface area contributed by atoms with Gasteiger partial charge in [-0.2, -0.15) is 5.10 Å². The van der Waals surface area contributed by atoms with Crippen LogP contribution in [0.5, 0.6) is 5.75 Å². The van der Waals surface area contributed by atoms with Gasteiger partial charge >= 0.3 is 0 Å². The van der Waals surface area contributed by atoms with Crippen molar-refractivity contribution in [1.82, 2.24) is 10.2 Å². The van der Waals surface area contributed by atoms with Crippen molar-refractivity contribution in [2.24, 2.45) is 0 Å². The van der Waals surface area contributed by atoms with Gasteiger partial charge in [0.05, 0.1) is 24.2 Å². The number of rotatable bonds is 4. The summed E-state index contributed by atoms with van der Waals surface area (Å²) in [5, 5.41) is 6.63. The largest absolute Gasteiger partial charge is 0.497 e. The molecule has 1 heterocycles. The summed E-state index contributed by atoms with van der Waals surface area (Å²) < 4.78 is 31.5. The zero-order valence-corrected chi connectivity index (χ0v) is 12.7. The number of aromatic amines is 1. The number of nitrogens with zero attached hydrogens (tertiary/aromatic N) is 2. The Morgan fingerprint density at radius 2 is 1.80 bits per heavy atom. The zero-order valence-electron chi connectivity index (χ0n) is 11.8. The number of sulfonamides is 1. The van der Waals surface area contributed by atoms with E-state index in [9.17, 15) is 8.42 Å². The summed E-state index contributed by atoms with van der Waals surface area (Å²) >= 11 is 0. The van der Waals surface area contributed by atoms with Crippen molar-refractivity contribution in [3.8, 4) is 5.75 Å². The number of aromatic nitrogens is 2. The second-order valence-electron chi connectivity index (χ2n) is 4.43. The predicted octanol–water partition coefficient (Wildman–Crippen LogP) is 1.86. The van der Waals surface area contributed by atoms with E-state index in [-0.39, 0.29) is 4.90 Å². The van der Waals surface area contributed by atoms with Crippen LogP contribution in [-0.4, -0.2) is 32.8 Å². The molecule has 0 amide bonds. The lowest BCUT2D eigenvalue weighted by Crippen LogP contribution is -2.27. The van der Waals surface area contributed by atoms with E-state index in [2.05, 4.69) is 10.2 Å². The molecule has 0 saturated heterocycles. The quantitative estimate of drug-likeness (QED) is 0.934. The average molecular weight is 295 g/mol. The molecule has 0 saturated carbocycles. The van der Waals surface area contributed by atoms with Gasteiger partial charge in [-0.25, -0.2) is 8.42 Å². The highest BCUT2D eigenvalue weighted by molar-refractivity contribution is 7.92. The van der Waals surface area contributed by atoms with Crippen LogP contribution in [0.3, 0.4) is 0 Å². The van der Waals surface area contributed by atoms with Gasteiger partial charge < -0.3 is 4.74 Å². The number of hydrogen-bond donors (Lipinski definition) is 1. The summed E-state index contributed by atoms with van der Waals surface area (Å²) in [5.74, 6) is 0.676. The summed E-state index contributed by atoms with van der Waals surface area (Å²) in [6.45, 7) is 3.35. The molecule has 1 aromatic heterocycles. The molecule has 6 nitrogen and oxygen atoms in total. The lowest BCUT2D eigenvalue weighted by Gasteiger charge is -2.19. The van der Waals surface area contributed by atoms with Crippen LogP contribution in [0.4, 0.5) is 5.69 Å². The van der Waals surface area contributed by atoms with Crippen molar-refractivity contribution in [1.29, 1.82) is 0 Å². The number of methoxy groups -OCH3 is 1. The molecular weight excluding hydrogens is 278 g/mol. The number of anilines is 1. The van der Waals surface area contributed by atoms with Crippen LogP contribution in [0, 0.1) is 13.8 Å². The number of aryl methyl sites for hydroxylation is 2. The molecule has 108 valence electrons. The molecule has 0 aliphatic rings. The summed E-state index contributed by atoms with van der Waals surface area (Å²) in [7, 11) is -0.551. The van der Waals surface area contributed by atoms with Crippen molar-refractivity contribution in [2.45, 2.75) is 18.7 Å². The second kappa shape index (κ2) is 5.16. The second-order valence-corrected chi connectivity index (χ2v) is 6.34. The Kier molecular flexibility index (Phi) is 3.71. The van der Waals surface area contributed by atoms with Crippen LogP contribution >= 0.6 is 0 Å². The fraction of sp³-hybridized carbons (Fsp3) is 0.308. The molecule has 20 heavy (non-hydrogen) atoms. The van der Waals surface area contributed by atoms with Gasteiger partial charge in [-0.1, -0.05) is 0 Å².